The van der Waals surface area contributed by atoms with Gasteiger partial charge in [-0.1, -0.05) is 0 Å². The van der Waals surface area contributed by atoms with Crippen molar-refractivity contribution in [3.05, 3.63) is 45.9 Å². The predicted molar refractivity (Wildman–Crippen MR) is 64.4 cm³/mol. The number of nitrogens with one attached hydrogen (secondary N) is 1. The number of hydrogen-bond acceptors (Lipinski definition) is 3. The van der Waals surface area contributed by atoms with Crippen molar-refractivity contribution in [1.29, 1.82) is 0 Å². The van der Waals surface area contributed by atoms with Gasteiger partial charge in [0, 0.05) is 28.1 Å². The van der Waals surface area contributed by atoms with Gasteiger partial charge in [0.25, 0.3) is 0 Å². The predicted octanol–water partition coefficient (Wildman–Crippen LogP) is 3.51. The lowest BCUT2D eigenvalue weighted by molar-refractivity contribution is 0.432. The Morgan fingerprint density at radius 2 is 2.12 bits per heavy atom. The molecule has 1 aromatic heterocycles. The van der Waals surface area contributed by atoms with Crippen LogP contribution in [0, 0.1) is 12.7 Å². The Bertz CT molecular complexity index is 496. The summed E-state index contributed by atoms with van der Waals surface area (Å²) in [6.07, 6.45) is 0. The molecule has 16 heavy (non-hydrogen) atoms. The Labute approximate surface area is 97.4 Å². The number of hydrogen-bond donors (Lipinski definition) is 2. The molecule has 2 N–H and O–H groups in total. The first-order valence-corrected chi connectivity index (χ1v) is 5.74. The summed E-state index contributed by atoms with van der Waals surface area (Å²) in [5.41, 5.74) is 0.668. The molecule has 0 bridgehead atoms. The average Bonchev–Trinajstić information content (AvgIpc) is 2.66. The maximum Gasteiger partial charge on any atom is 0.166 e. The third-order valence-electron chi connectivity index (χ3n) is 2.21. The summed E-state index contributed by atoms with van der Waals surface area (Å²) >= 11 is 1.71. The molecule has 4 heteroatoms. The van der Waals surface area contributed by atoms with E-state index in [1.165, 1.54) is 21.9 Å². The molecule has 1 heterocycles. The van der Waals surface area contributed by atoms with Gasteiger partial charge in [-0.2, -0.15) is 0 Å². The van der Waals surface area contributed by atoms with Crippen LogP contribution in [0.4, 0.5) is 10.1 Å². The minimum atomic E-state index is -0.604. The second-order valence-corrected chi connectivity index (χ2v) is 4.90. The molecule has 0 fully saturated rings. The molecule has 0 atom stereocenters. The molecule has 2 aromatic rings. The number of benzene rings is 1. The zero-order valence-electron chi connectivity index (χ0n) is 8.83. The fourth-order valence-electron chi connectivity index (χ4n) is 1.39. The Hall–Kier alpha value is -1.55. The molecule has 2 nitrogen and oxygen atoms in total. The van der Waals surface area contributed by atoms with E-state index in [0.29, 0.717) is 12.2 Å². The van der Waals surface area contributed by atoms with E-state index in [4.69, 9.17) is 5.11 Å². The minimum absolute atomic E-state index is 0.322. The molecular weight excluding hydrogens is 225 g/mol. The van der Waals surface area contributed by atoms with Crippen LogP contribution < -0.4 is 5.32 Å². The number of phenolic OH excluding ortho intramolecular Hbond substituents is 1. The van der Waals surface area contributed by atoms with E-state index in [2.05, 4.69) is 11.4 Å². The van der Waals surface area contributed by atoms with Crippen molar-refractivity contribution < 1.29 is 9.50 Å². The van der Waals surface area contributed by atoms with Gasteiger partial charge in [-0.05, 0) is 31.2 Å². The molecule has 0 aliphatic carbocycles. The zero-order valence-corrected chi connectivity index (χ0v) is 9.64. The van der Waals surface area contributed by atoms with E-state index in [1.54, 1.807) is 17.4 Å². The molecule has 0 saturated carbocycles. The van der Waals surface area contributed by atoms with Gasteiger partial charge >= 0.3 is 0 Å². The van der Waals surface area contributed by atoms with Crippen molar-refractivity contribution in [2.75, 3.05) is 5.32 Å². The lowest BCUT2D eigenvalue weighted by atomic mass is 10.3. The molecule has 84 valence electrons. The summed E-state index contributed by atoms with van der Waals surface area (Å²) in [5.74, 6) is -0.926. The molecule has 0 radical (unpaired) electrons. The lowest BCUT2D eigenvalue weighted by Crippen LogP contribution is -1.97. The van der Waals surface area contributed by atoms with E-state index in [-0.39, 0.29) is 5.75 Å². The quantitative estimate of drug-likeness (QED) is 0.801. The number of phenols is 1. The van der Waals surface area contributed by atoms with E-state index in [9.17, 15) is 4.39 Å². The van der Waals surface area contributed by atoms with E-state index in [0.717, 1.165) is 0 Å². The van der Waals surface area contributed by atoms with Crippen LogP contribution in [0.3, 0.4) is 0 Å². The number of aryl methyl sites for hydroxylation is 1. The van der Waals surface area contributed by atoms with Crippen molar-refractivity contribution >= 4 is 17.0 Å². The highest BCUT2D eigenvalue weighted by molar-refractivity contribution is 7.11. The summed E-state index contributed by atoms with van der Waals surface area (Å²) in [5, 5.41) is 12.1. The fraction of sp³-hybridized carbons (Fsp3) is 0.167. The van der Waals surface area contributed by atoms with E-state index >= 15 is 0 Å². The summed E-state index contributed by atoms with van der Waals surface area (Å²) in [7, 11) is 0. The minimum Gasteiger partial charge on any atom is -0.505 e. The van der Waals surface area contributed by atoms with Crippen molar-refractivity contribution in [2.24, 2.45) is 0 Å². The number of halogens is 1. The number of aromatic hydroxyl groups is 1. The van der Waals surface area contributed by atoms with Crippen molar-refractivity contribution in [1.82, 2.24) is 0 Å². The zero-order chi connectivity index (χ0) is 11.5. The van der Waals surface area contributed by atoms with Crippen molar-refractivity contribution in [2.45, 2.75) is 13.5 Å². The van der Waals surface area contributed by atoms with Crippen LogP contribution in [-0.4, -0.2) is 5.11 Å². The SMILES string of the molecule is Cc1ccc(CNc2ccc(O)c(F)c2)s1. The van der Waals surface area contributed by atoms with E-state index < -0.39 is 5.82 Å². The highest BCUT2D eigenvalue weighted by Gasteiger charge is 2.02. The molecule has 0 unspecified atom stereocenters. The number of rotatable bonds is 3. The molecule has 1 aromatic carbocycles. The van der Waals surface area contributed by atoms with Crippen LogP contribution in [0.1, 0.15) is 9.75 Å². The Kier molecular flexibility index (Phi) is 3.10. The summed E-state index contributed by atoms with van der Waals surface area (Å²) < 4.78 is 13.0. The summed E-state index contributed by atoms with van der Waals surface area (Å²) in [4.78, 5) is 2.46. The van der Waals surface area contributed by atoms with Gasteiger partial charge in [0.05, 0.1) is 0 Å². The molecule has 0 amide bonds. The van der Waals surface area contributed by atoms with Gasteiger partial charge in [-0.25, -0.2) is 4.39 Å². The largest absolute Gasteiger partial charge is 0.505 e. The first-order chi connectivity index (χ1) is 7.65. The second-order valence-electron chi connectivity index (χ2n) is 3.53. The summed E-state index contributed by atoms with van der Waals surface area (Å²) in [6, 6.07) is 8.38. The maximum absolute atomic E-state index is 13.0. The lowest BCUT2D eigenvalue weighted by Gasteiger charge is -2.05. The van der Waals surface area contributed by atoms with Crippen LogP contribution in [0.25, 0.3) is 0 Å². The normalized spacial score (nSPS) is 10.4. The summed E-state index contributed by atoms with van der Waals surface area (Å²) in [6.45, 7) is 2.72. The van der Waals surface area contributed by atoms with Crippen LogP contribution in [0.5, 0.6) is 5.75 Å². The molecule has 2 rings (SSSR count). The van der Waals surface area contributed by atoms with E-state index in [1.807, 2.05) is 13.0 Å². The van der Waals surface area contributed by atoms with Crippen molar-refractivity contribution in [3.8, 4) is 5.75 Å². The highest BCUT2D eigenvalue weighted by atomic mass is 32.1. The Morgan fingerprint density at radius 3 is 2.75 bits per heavy atom. The third-order valence-corrected chi connectivity index (χ3v) is 3.21. The molecule has 0 saturated heterocycles. The number of anilines is 1. The van der Waals surface area contributed by atoms with Gasteiger partial charge in [-0.3, -0.25) is 0 Å². The monoisotopic (exact) mass is 237 g/mol. The number of thiophene rings is 1. The third kappa shape index (κ3) is 2.52. The second kappa shape index (κ2) is 4.53. The molecular formula is C12H12FNOS. The molecule has 0 spiro atoms. The van der Waals surface area contributed by atoms with Gasteiger partial charge in [0.15, 0.2) is 11.6 Å². The Morgan fingerprint density at radius 1 is 1.31 bits per heavy atom. The highest BCUT2D eigenvalue weighted by Crippen LogP contribution is 2.21. The van der Waals surface area contributed by atoms with Gasteiger partial charge in [-0.15, -0.1) is 11.3 Å². The van der Waals surface area contributed by atoms with Gasteiger partial charge < -0.3 is 10.4 Å². The van der Waals surface area contributed by atoms with Gasteiger partial charge in [0.2, 0.25) is 0 Å². The first kappa shape index (κ1) is 11.0. The smallest absolute Gasteiger partial charge is 0.166 e. The van der Waals surface area contributed by atoms with Crippen LogP contribution in [0.15, 0.2) is 30.3 Å². The maximum atomic E-state index is 13.0. The molecule has 0 aliphatic heterocycles. The first-order valence-electron chi connectivity index (χ1n) is 4.93. The van der Waals surface area contributed by atoms with Crippen molar-refractivity contribution in [3.63, 3.8) is 0 Å². The topological polar surface area (TPSA) is 32.3 Å². The van der Waals surface area contributed by atoms with Gasteiger partial charge in [0.1, 0.15) is 0 Å². The Balaban J connectivity index is 2.02. The standard InChI is InChI=1S/C12H12FNOS/c1-8-2-4-10(16-8)7-14-9-3-5-12(15)11(13)6-9/h2-6,14-15H,7H2,1H3. The van der Waals surface area contributed by atoms with Crippen LogP contribution >= 0.6 is 11.3 Å². The van der Waals surface area contributed by atoms with Crippen LogP contribution in [0.2, 0.25) is 0 Å². The molecule has 0 aliphatic rings. The van der Waals surface area contributed by atoms with Crippen LogP contribution in [-0.2, 0) is 6.54 Å². The average molecular weight is 237 g/mol. The fourth-order valence-corrected chi connectivity index (χ4v) is 2.22.